The second-order valence-corrected chi connectivity index (χ2v) is 7.45. The maximum atomic E-state index is 12.0. The molecule has 0 aromatic heterocycles. The number of urea groups is 1. The first kappa shape index (κ1) is 13.5. The van der Waals surface area contributed by atoms with Gasteiger partial charge in [-0.05, 0) is 12.1 Å². The number of fused-ring (bicyclic) bond motifs is 1. The third-order valence-corrected chi connectivity index (χ3v) is 5.62. The van der Waals surface area contributed by atoms with Crippen LogP contribution >= 0.6 is 11.6 Å². The third-order valence-electron chi connectivity index (χ3n) is 3.60. The highest BCUT2D eigenvalue weighted by Crippen LogP contribution is 2.35. The molecule has 2 amide bonds. The molecule has 1 aromatic rings. The first-order valence-corrected chi connectivity index (χ1v) is 8.25. The van der Waals surface area contributed by atoms with Gasteiger partial charge in [0.15, 0.2) is 9.84 Å². The fourth-order valence-electron chi connectivity index (χ4n) is 2.70. The van der Waals surface area contributed by atoms with E-state index in [4.69, 9.17) is 16.3 Å². The molecule has 0 bridgehead atoms. The number of nitrogens with zero attached hydrogens (tertiary/aromatic N) is 1. The minimum absolute atomic E-state index is 0.0202. The van der Waals surface area contributed by atoms with Gasteiger partial charge in [-0.15, -0.1) is 0 Å². The van der Waals surface area contributed by atoms with Gasteiger partial charge in [-0.25, -0.2) is 13.2 Å². The lowest BCUT2D eigenvalue weighted by Gasteiger charge is -2.22. The number of carbonyl (C=O) groups is 1. The molecule has 8 heteroatoms. The Kier molecular flexibility index (Phi) is 3.06. The summed E-state index contributed by atoms with van der Waals surface area (Å²) >= 11 is 6.16. The molecule has 2 aliphatic heterocycles. The van der Waals surface area contributed by atoms with Crippen LogP contribution in [0.5, 0.6) is 5.75 Å². The number of nitrogens with one attached hydrogen (secondary N) is 1. The van der Waals surface area contributed by atoms with Crippen LogP contribution in [0.2, 0.25) is 5.02 Å². The van der Waals surface area contributed by atoms with Crippen LogP contribution < -0.4 is 15.0 Å². The van der Waals surface area contributed by atoms with Gasteiger partial charge >= 0.3 is 6.03 Å². The summed E-state index contributed by atoms with van der Waals surface area (Å²) in [6, 6.07) is 3.85. The predicted octanol–water partition coefficient (Wildman–Crippen LogP) is 1.04. The molecular formula is C12H13ClN2O4S. The molecule has 108 valence electrons. The van der Waals surface area contributed by atoms with Gasteiger partial charge in [0.05, 0.1) is 41.4 Å². The summed E-state index contributed by atoms with van der Waals surface area (Å²) in [5.74, 6) is 0.515. The number of rotatable bonds is 2. The predicted molar refractivity (Wildman–Crippen MR) is 75.2 cm³/mol. The number of amides is 2. The standard InChI is InChI=1S/C12H13ClN2O4S/c1-19-7-2-3-10(8(13)4-7)15-11-6-20(17,18)5-9(11)14-12(15)16/h2-4,9,11H,5-6H2,1H3,(H,14,16)/t9-,11+/m1/s1. The number of halogens is 1. The largest absolute Gasteiger partial charge is 0.497 e. The van der Waals surface area contributed by atoms with Crippen molar-refractivity contribution in [2.45, 2.75) is 12.1 Å². The van der Waals surface area contributed by atoms with Gasteiger partial charge in [0, 0.05) is 6.07 Å². The fourth-order valence-corrected chi connectivity index (χ4v) is 4.85. The molecule has 2 saturated heterocycles. The zero-order valence-corrected chi connectivity index (χ0v) is 12.2. The van der Waals surface area contributed by atoms with Gasteiger partial charge in [-0.2, -0.15) is 0 Å². The van der Waals surface area contributed by atoms with Crippen LogP contribution in [0.1, 0.15) is 0 Å². The number of anilines is 1. The van der Waals surface area contributed by atoms with Gasteiger partial charge in [0.2, 0.25) is 0 Å². The molecular weight excluding hydrogens is 304 g/mol. The molecule has 0 aliphatic carbocycles. The average molecular weight is 317 g/mol. The Morgan fingerprint density at radius 2 is 2.15 bits per heavy atom. The van der Waals surface area contributed by atoms with E-state index in [9.17, 15) is 13.2 Å². The van der Waals surface area contributed by atoms with Gasteiger partial charge in [-0.3, -0.25) is 4.90 Å². The number of benzene rings is 1. The van der Waals surface area contributed by atoms with Crippen molar-refractivity contribution in [3.05, 3.63) is 23.2 Å². The van der Waals surface area contributed by atoms with E-state index in [0.29, 0.717) is 16.5 Å². The summed E-state index contributed by atoms with van der Waals surface area (Å²) in [7, 11) is -1.60. The van der Waals surface area contributed by atoms with Crippen LogP contribution in [0.4, 0.5) is 10.5 Å². The Hall–Kier alpha value is -1.47. The lowest BCUT2D eigenvalue weighted by Crippen LogP contribution is -2.37. The number of carbonyl (C=O) groups excluding carboxylic acids is 1. The normalized spacial score (nSPS) is 27.3. The van der Waals surface area contributed by atoms with Crippen LogP contribution in [0.25, 0.3) is 0 Å². The van der Waals surface area contributed by atoms with Crippen molar-refractivity contribution in [1.29, 1.82) is 0 Å². The molecule has 2 atom stereocenters. The van der Waals surface area contributed by atoms with E-state index < -0.39 is 15.9 Å². The highest BCUT2D eigenvalue weighted by molar-refractivity contribution is 7.91. The zero-order valence-electron chi connectivity index (χ0n) is 10.7. The van der Waals surface area contributed by atoms with Gasteiger partial charge < -0.3 is 10.1 Å². The van der Waals surface area contributed by atoms with Crippen molar-refractivity contribution in [3.63, 3.8) is 0 Å². The number of methoxy groups -OCH3 is 1. The molecule has 2 fully saturated rings. The summed E-state index contributed by atoms with van der Waals surface area (Å²) in [5.41, 5.74) is 0.495. The fraction of sp³-hybridized carbons (Fsp3) is 0.417. The van der Waals surface area contributed by atoms with Crippen LogP contribution in [0, 0.1) is 0 Å². The topological polar surface area (TPSA) is 75.7 Å². The van der Waals surface area contributed by atoms with E-state index in [1.54, 1.807) is 18.2 Å². The van der Waals surface area contributed by atoms with E-state index in [1.165, 1.54) is 12.0 Å². The summed E-state index contributed by atoms with van der Waals surface area (Å²) in [5, 5.41) is 3.05. The van der Waals surface area contributed by atoms with Crippen molar-refractivity contribution in [1.82, 2.24) is 5.32 Å². The highest BCUT2D eigenvalue weighted by Gasteiger charge is 2.49. The Morgan fingerprint density at radius 1 is 1.40 bits per heavy atom. The molecule has 2 aliphatic rings. The maximum absolute atomic E-state index is 12.0. The first-order valence-electron chi connectivity index (χ1n) is 6.05. The second-order valence-electron chi connectivity index (χ2n) is 4.89. The quantitative estimate of drug-likeness (QED) is 0.827. The number of hydrogen-bond acceptors (Lipinski definition) is 4. The molecule has 0 radical (unpaired) electrons. The van der Waals surface area contributed by atoms with E-state index in [-0.39, 0.29) is 23.6 Å². The van der Waals surface area contributed by atoms with Crippen LogP contribution in [-0.4, -0.2) is 45.1 Å². The summed E-state index contributed by atoms with van der Waals surface area (Å²) in [4.78, 5) is 13.5. The monoisotopic (exact) mass is 316 g/mol. The molecule has 1 aromatic carbocycles. The van der Waals surface area contributed by atoms with Gasteiger partial charge in [-0.1, -0.05) is 11.6 Å². The van der Waals surface area contributed by atoms with Gasteiger partial charge in [0.1, 0.15) is 5.75 Å². The maximum Gasteiger partial charge on any atom is 0.322 e. The average Bonchev–Trinajstić information content (AvgIpc) is 2.80. The number of ether oxygens (including phenoxy) is 1. The molecule has 2 heterocycles. The van der Waals surface area contributed by atoms with Crippen molar-refractivity contribution in [3.8, 4) is 5.75 Å². The van der Waals surface area contributed by atoms with Gasteiger partial charge in [0.25, 0.3) is 0 Å². The zero-order chi connectivity index (χ0) is 14.5. The summed E-state index contributed by atoms with van der Waals surface area (Å²) < 4.78 is 28.4. The van der Waals surface area contributed by atoms with Crippen molar-refractivity contribution < 1.29 is 17.9 Å². The number of sulfone groups is 1. The van der Waals surface area contributed by atoms with Crippen LogP contribution in [0.3, 0.4) is 0 Å². The third kappa shape index (κ3) is 2.10. The van der Waals surface area contributed by atoms with Crippen molar-refractivity contribution in [2.24, 2.45) is 0 Å². The lowest BCUT2D eigenvalue weighted by atomic mass is 10.1. The Labute approximate surface area is 121 Å². The molecule has 6 nitrogen and oxygen atoms in total. The highest BCUT2D eigenvalue weighted by atomic mass is 35.5. The summed E-state index contributed by atoms with van der Waals surface area (Å²) in [6.07, 6.45) is 0. The Morgan fingerprint density at radius 3 is 2.80 bits per heavy atom. The molecule has 20 heavy (non-hydrogen) atoms. The Bertz CT molecular complexity index is 676. The van der Waals surface area contributed by atoms with E-state index >= 15 is 0 Å². The van der Waals surface area contributed by atoms with E-state index in [0.717, 1.165) is 0 Å². The smallest absolute Gasteiger partial charge is 0.322 e. The van der Waals surface area contributed by atoms with Crippen molar-refractivity contribution in [2.75, 3.05) is 23.5 Å². The molecule has 0 spiro atoms. The summed E-state index contributed by atoms with van der Waals surface area (Å²) in [6.45, 7) is 0. The Balaban J connectivity index is 1.99. The first-order chi connectivity index (χ1) is 9.41. The SMILES string of the molecule is COc1ccc(N2C(=O)N[C@@H]3CS(=O)(=O)C[C@@H]32)c(Cl)c1. The van der Waals surface area contributed by atoms with Crippen molar-refractivity contribution >= 4 is 33.2 Å². The van der Waals surface area contributed by atoms with Crippen LogP contribution in [0.15, 0.2) is 18.2 Å². The molecule has 3 rings (SSSR count). The lowest BCUT2D eigenvalue weighted by molar-refractivity contribution is 0.251. The van der Waals surface area contributed by atoms with E-state index in [2.05, 4.69) is 5.32 Å². The molecule has 1 N–H and O–H groups in total. The minimum atomic E-state index is -3.12. The minimum Gasteiger partial charge on any atom is -0.497 e. The second kappa shape index (κ2) is 4.53. The number of hydrogen-bond donors (Lipinski definition) is 1. The van der Waals surface area contributed by atoms with Crippen LogP contribution in [-0.2, 0) is 9.84 Å². The molecule has 0 saturated carbocycles. The molecule has 0 unspecified atom stereocenters. The van der Waals surface area contributed by atoms with E-state index in [1.807, 2.05) is 0 Å².